The number of amides is 1. The molecule has 2 aromatic rings. The minimum atomic E-state index is -4.28. The van der Waals surface area contributed by atoms with Crippen LogP contribution in [0, 0.1) is 11.7 Å². The van der Waals surface area contributed by atoms with Crippen molar-refractivity contribution in [2.24, 2.45) is 5.92 Å². The molecule has 1 saturated heterocycles. The summed E-state index contributed by atoms with van der Waals surface area (Å²) in [5.74, 6) is -1.82. The molecule has 1 amide bonds. The Morgan fingerprint density at radius 3 is 2.85 bits per heavy atom. The van der Waals surface area contributed by atoms with Crippen LogP contribution in [0.3, 0.4) is 0 Å². The molecule has 26 heavy (non-hydrogen) atoms. The number of rotatable bonds is 5. The number of phenols is 1. The van der Waals surface area contributed by atoms with Crippen LogP contribution in [0.25, 0.3) is 11.0 Å². The zero-order valence-corrected chi connectivity index (χ0v) is 14.3. The smallest absolute Gasteiger partial charge is 0.326 e. The SMILES string of the molecule is O=C1CN(c2c(O)cc3ncc(OCCC4CC4)nc3c2F)S(=O)(=O)N1. The molecule has 1 aromatic heterocycles. The maximum Gasteiger partial charge on any atom is 0.326 e. The average molecular weight is 382 g/mol. The molecule has 0 unspecified atom stereocenters. The summed E-state index contributed by atoms with van der Waals surface area (Å²) >= 11 is 0. The van der Waals surface area contributed by atoms with Gasteiger partial charge in [0.05, 0.1) is 18.3 Å². The lowest BCUT2D eigenvalue weighted by atomic mass is 10.2. The van der Waals surface area contributed by atoms with E-state index >= 15 is 0 Å². The number of hydrogen-bond acceptors (Lipinski definition) is 7. The summed E-state index contributed by atoms with van der Waals surface area (Å²) in [6, 6.07) is 1.09. The molecule has 2 heterocycles. The van der Waals surface area contributed by atoms with E-state index < -0.39 is 39.9 Å². The number of fused-ring (bicyclic) bond motifs is 1. The molecule has 0 bridgehead atoms. The Labute approximate surface area is 148 Å². The van der Waals surface area contributed by atoms with Gasteiger partial charge in [0.1, 0.15) is 23.5 Å². The zero-order chi connectivity index (χ0) is 18.5. The van der Waals surface area contributed by atoms with Gasteiger partial charge in [0, 0.05) is 6.07 Å². The van der Waals surface area contributed by atoms with E-state index in [-0.39, 0.29) is 16.9 Å². The van der Waals surface area contributed by atoms with Gasteiger partial charge in [-0.3, -0.25) is 4.79 Å². The number of carbonyl (C=O) groups excluding carboxylic acids is 1. The first-order valence-corrected chi connectivity index (χ1v) is 9.43. The van der Waals surface area contributed by atoms with Gasteiger partial charge < -0.3 is 9.84 Å². The summed E-state index contributed by atoms with van der Waals surface area (Å²) in [5.41, 5.74) is -0.870. The van der Waals surface area contributed by atoms with Gasteiger partial charge >= 0.3 is 10.2 Å². The van der Waals surface area contributed by atoms with E-state index in [1.54, 1.807) is 4.72 Å². The summed E-state index contributed by atoms with van der Waals surface area (Å²) in [5, 5.41) is 10.1. The number of aromatic nitrogens is 2. The quantitative estimate of drug-likeness (QED) is 0.785. The third-order valence-corrected chi connectivity index (χ3v) is 5.63. The van der Waals surface area contributed by atoms with Crippen molar-refractivity contribution in [1.29, 1.82) is 0 Å². The van der Waals surface area contributed by atoms with E-state index in [1.165, 1.54) is 19.0 Å². The summed E-state index contributed by atoms with van der Waals surface area (Å²) in [6.45, 7) is -0.209. The van der Waals surface area contributed by atoms with Crippen LogP contribution in [0.4, 0.5) is 10.1 Å². The van der Waals surface area contributed by atoms with Crippen molar-refractivity contribution in [3.63, 3.8) is 0 Å². The van der Waals surface area contributed by atoms with Crippen molar-refractivity contribution in [2.45, 2.75) is 19.3 Å². The predicted octanol–water partition coefficient (Wildman–Crippen LogP) is 0.834. The highest BCUT2D eigenvalue weighted by molar-refractivity contribution is 7.92. The number of halogens is 1. The summed E-state index contributed by atoms with van der Waals surface area (Å²) in [7, 11) is -4.28. The van der Waals surface area contributed by atoms with Crippen LogP contribution in [-0.4, -0.2) is 42.6 Å². The Balaban J connectivity index is 1.72. The molecule has 1 aromatic carbocycles. The molecule has 11 heteroatoms. The maximum atomic E-state index is 14.9. The van der Waals surface area contributed by atoms with Gasteiger partial charge in [0.25, 0.3) is 5.91 Å². The highest BCUT2D eigenvalue weighted by atomic mass is 32.2. The number of aromatic hydroxyl groups is 1. The van der Waals surface area contributed by atoms with Crippen LogP contribution < -0.4 is 13.8 Å². The summed E-state index contributed by atoms with van der Waals surface area (Å²) in [6.07, 6.45) is 4.55. The highest BCUT2D eigenvalue weighted by Crippen LogP contribution is 2.37. The van der Waals surface area contributed by atoms with Crippen molar-refractivity contribution in [3.05, 3.63) is 18.1 Å². The van der Waals surface area contributed by atoms with Crippen LogP contribution in [0.15, 0.2) is 12.3 Å². The number of carbonyl (C=O) groups is 1. The van der Waals surface area contributed by atoms with Gasteiger partial charge in [-0.2, -0.15) is 8.42 Å². The summed E-state index contributed by atoms with van der Waals surface area (Å²) < 4.78 is 46.5. The fourth-order valence-electron chi connectivity index (χ4n) is 2.76. The van der Waals surface area contributed by atoms with Gasteiger partial charge in [-0.05, 0) is 12.3 Å². The number of phenolic OH excluding ortho intramolecular Hbond substituents is 1. The number of ether oxygens (including phenoxy) is 1. The molecule has 4 rings (SSSR count). The van der Waals surface area contributed by atoms with Crippen LogP contribution >= 0.6 is 0 Å². The third-order valence-electron chi connectivity index (χ3n) is 4.25. The van der Waals surface area contributed by atoms with E-state index in [9.17, 15) is 22.7 Å². The highest BCUT2D eigenvalue weighted by Gasteiger charge is 2.38. The lowest BCUT2D eigenvalue weighted by Crippen LogP contribution is -2.30. The molecule has 2 N–H and O–H groups in total. The molecule has 0 radical (unpaired) electrons. The lowest BCUT2D eigenvalue weighted by molar-refractivity contribution is -0.117. The van der Waals surface area contributed by atoms with Gasteiger partial charge in [0.2, 0.25) is 5.88 Å². The van der Waals surface area contributed by atoms with E-state index in [2.05, 4.69) is 9.97 Å². The van der Waals surface area contributed by atoms with E-state index in [1.807, 2.05) is 0 Å². The third kappa shape index (κ3) is 2.98. The second kappa shape index (κ2) is 5.94. The number of nitrogens with zero attached hydrogens (tertiary/aromatic N) is 3. The van der Waals surface area contributed by atoms with Crippen LogP contribution in [0.1, 0.15) is 19.3 Å². The Kier molecular flexibility index (Phi) is 3.83. The zero-order valence-electron chi connectivity index (χ0n) is 13.5. The van der Waals surface area contributed by atoms with Crippen molar-refractivity contribution in [1.82, 2.24) is 14.7 Å². The first-order valence-electron chi connectivity index (χ1n) is 7.99. The average Bonchev–Trinajstić information content (AvgIpc) is 3.33. The predicted molar refractivity (Wildman–Crippen MR) is 88.4 cm³/mol. The second-order valence-corrected chi connectivity index (χ2v) is 7.85. The van der Waals surface area contributed by atoms with Crippen LogP contribution in [0.2, 0.25) is 0 Å². The van der Waals surface area contributed by atoms with E-state index in [4.69, 9.17) is 4.74 Å². The first-order chi connectivity index (χ1) is 12.3. The Morgan fingerprint density at radius 2 is 2.19 bits per heavy atom. The number of nitrogens with one attached hydrogen (secondary N) is 1. The standard InChI is InChI=1S/C15H15FN4O5S/c16-13-14-9(17-6-12(18-14)25-4-3-8-1-2-8)5-10(21)15(13)20-7-11(22)19-26(20,23)24/h5-6,8,21H,1-4,7H2,(H,19,22). The first kappa shape index (κ1) is 16.8. The molecule has 1 saturated carbocycles. The minimum Gasteiger partial charge on any atom is -0.506 e. The minimum absolute atomic E-state index is 0.0363. The van der Waals surface area contributed by atoms with Crippen LogP contribution in [0.5, 0.6) is 11.6 Å². The molecule has 0 atom stereocenters. The van der Waals surface area contributed by atoms with Crippen molar-refractivity contribution in [3.8, 4) is 11.6 Å². The van der Waals surface area contributed by atoms with Crippen molar-refractivity contribution >= 4 is 32.8 Å². The fraction of sp³-hybridized carbons (Fsp3) is 0.400. The van der Waals surface area contributed by atoms with E-state index in [0.717, 1.165) is 12.5 Å². The molecule has 0 spiro atoms. The molecule has 9 nitrogen and oxygen atoms in total. The van der Waals surface area contributed by atoms with Gasteiger partial charge in [-0.1, -0.05) is 12.8 Å². The lowest BCUT2D eigenvalue weighted by Gasteiger charge is -2.17. The van der Waals surface area contributed by atoms with Gasteiger partial charge in [-0.25, -0.2) is 23.4 Å². The van der Waals surface area contributed by atoms with Crippen molar-refractivity contribution in [2.75, 3.05) is 17.5 Å². The Hall–Kier alpha value is -2.69. The van der Waals surface area contributed by atoms with Crippen LogP contribution in [-0.2, 0) is 15.0 Å². The molecule has 2 fully saturated rings. The molecular weight excluding hydrogens is 367 g/mol. The molecule has 1 aliphatic heterocycles. The number of hydrogen-bond donors (Lipinski definition) is 2. The fourth-order valence-corrected chi connectivity index (χ4v) is 3.92. The monoisotopic (exact) mass is 382 g/mol. The topological polar surface area (TPSA) is 122 Å². The maximum absolute atomic E-state index is 14.9. The molecule has 2 aliphatic rings. The second-order valence-electron chi connectivity index (χ2n) is 6.25. The molecule has 138 valence electrons. The van der Waals surface area contributed by atoms with Crippen molar-refractivity contribution < 1.29 is 27.4 Å². The summed E-state index contributed by atoms with van der Waals surface area (Å²) in [4.78, 5) is 19.4. The Bertz CT molecular complexity index is 1010. The molecule has 1 aliphatic carbocycles. The molecular formula is C15H15FN4O5S. The largest absolute Gasteiger partial charge is 0.506 e. The normalized spacial score (nSPS) is 19.0. The van der Waals surface area contributed by atoms with Gasteiger partial charge in [0.15, 0.2) is 5.82 Å². The van der Waals surface area contributed by atoms with E-state index in [0.29, 0.717) is 16.8 Å². The number of benzene rings is 1. The Morgan fingerprint density at radius 1 is 1.42 bits per heavy atom. The number of anilines is 1. The van der Waals surface area contributed by atoms with Gasteiger partial charge in [-0.15, -0.1) is 0 Å².